The number of rotatable bonds is 2. The lowest BCUT2D eigenvalue weighted by Gasteiger charge is -1.97. The van der Waals surface area contributed by atoms with E-state index in [4.69, 9.17) is 0 Å². The molecule has 1 aromatic carbocycles. The largest absolute Gasteiger partial charge is 1.00 e. The Kier molecular flexibility index (Phi) is 4.32. The predicted molar refractivity (Wildman–Crippen MR) is 56.3 cm³/mol. The quantitative estimate of drug-likeness (QED) is 0.515. The van der Waals surface area contributed by atoms with E-state index in [1.165, 1.54) is 5.69 Å². The standard InChI is InChI=1S/C12H15N2.HI/c1-11(2)13-8-9-14(10-13)12-6-4-3-5-7-12;/h3-11H,1-2H3;1H/q+1;/p-1. The van der Waals surface area contributed by atoms with Crippen molar-refractivity contribution in [3.63, 3.8) is 0 Å². The first-order chi connectivity index (χ1) is 6.77. The second kappa shape index (κ2) is 5.30. The highest BCUT2D eigenvalue weighted by Crippen LogP contribution is 2.05. The fourth-order valence-corrected chi connectivity index (χ4v) is 1.43. The van der Waals surface area contributed by atoms with Crippen LogP contribution in [0.5, 0.6) is 0 Å². The highest BCUT2D eigenvalue weighted by Gasteiger charge is 2.07. The zero-order valence-corrected chi connectivity index (χ0v) is 11.1. The van der Waals surface area contributed by atoms with E-state index in [1.54, 1.807) is 0 Å². The molecule has 0 unspecified atom stereocenters. The van der Waals surface area contributed by atoms with Gasteiger partial charge in [-0.25, -0.2) is 9.13 Å². The fraction of sp³-hybridized carbons (Fsp3) is 0.250. The molecule has 1 aromatic heterocycles. The third kappa shape index (κ3) is 2.81. The number of nitrogens with zero attached hydrogens (tertiary/aromatic N) is 2. The highest BCUT2D eigenvalue weighted by molar-refractivity contribution is 5.30. The van der Waals surface area contributed by atoms with E-state index in [0.29, 0.717) is 6.04 Å². The molecular weight excluding hydrogens is 299 g/mol. The molecule has 3 heteroatoms. The highest BCUT2D eigenvalue weighted by atomic mass is 127. The van der Waals surface area contributed by atoms with Crippen molar-refractivity contribution in [3.8, 4) is 5.69 Å². The van der Waals surface area contributed by atoms with Gasteiger partial charge in [0.1, 0.15) is 18.1 Å². The molecule has 0 amide bonds. The maximum atomic E-state index is 2.19. The van der Waals surface area contributed by atoms with Crippen LogP contribution in [0.15, 0.2) is 49.1 Å². The van der Waals surface area contributed by atoms with Crippen LogP contribution in [-0.2, 0) is 0 Å². The molecular formula is C12H15IN2. The molecule has 0 aliphatic carbocycles. The van der Waals surface area contributed by atoms with Crippen molar-refractivity contribution in [1.82, 2.24) is 4.57 Å². The molecule has 2 rings (SSSR count). The van der Waals surface area contributed by atoms with Crippen LogP contribution in [0.2, 0.25) is 0 Å². The van der Waals surface area contributed by atoms with Gasteiger partial charge in [-0.2, -0.15) is 0 Å². The summed E-state index contributed by atoms with van der Waals surface area (Å²) in [5, 5.41) is 0. The maximum Gasteiger partial charge on any atom is 0.249 e. The van der Waals surface area contributed by atoms with Crippen LogP contribution >= 0.6 is 0 Å². The smallest absolute Gasteiger partial charge is 0.249 e. The molecule has 0 radical (unpaired) electrons. The van der Waals surface area contributed by atoms with Crippen LogP contribution in [-0.4, -0.2) is 4.57 Å². The maximum absolute atomic E-state index is 2.19. The topological polar surface area (TPSA) is 8.81 Å². The van der Waals surface area contributed by atoms with Crippen molar-refractivity contribution in [2.24, 2.45) is 0 Å². The van der Waals surface area contributed by atoms with Gasteiger partial charge in [0.25, 0.3) is 0 Å². The summed E-state index contributed by atoms with van der Waals surface area (Å²) in [6.07, 6.45) is 6.28. The zero-order chi connectivity index (χ0) is 9.97. The van der Waals surface area contributed by atoms with Crippen molar-refractivity contribution < 1.29 is 28.5 Å². The molecule has 0 atom stereocenters. The summed E-state index contributed by atoms with van der Waals surface area (Å²) in [4.78, 5) is 0. The first kappa shape index (κ1) is 12.2. The molecule has 0 saturated heterocycles. The minimum Gasteiger partial charge on any atom is -1.00 e. The number of aromatic nitrogens is 2. The molecule has 0 saturated carbocycles. The zero-order valence-electron chi connectivity index (χ0n) is 8.97. The Balaban J connectivity index is 0.00000112. The van der Waals surface area contributed by atoms with Crippen LogP contribution < -0.4 is 28.5 Å². The Bertz CT molecular complexity index is 407. The van der Waals surface area contributed by atoms with E-state index >= 15 is 0 Å². The molecule has 0 spiro atoms. The lowest BCUT2D eigenvalue weighted by molar-refractivity contribution is -0.715. The molecule has 0 bridgehead atoms. The number of para-hydroxylation sites is 1. The molecule has 0 N–H and O–H groups in total. The number of hydrogen-bond donors (Lipinski definition) is 0. The van der Waals surface area contributed by atoms with E-state index < -0.39 is 0 Å². The average Bonchev–Trinajstić information content (AvgIpc) is 2.68. The first-order valence-electron chi connectivity index (χ1n) is 4.91. The summed E-state index contributed by atoms with van der Waals surface area (Å²) in [6.45, 7) is 4.35. The van der Waals surface area contributed by atoms with E-state index in [-0.39, 0.29) is 24.0 Å². The molecule has 0 fully saturated rings. The van der Waals surface area contributed by atoms with Crippen molar-refractivity contribution in [2.45, 2.75) is 19.9 Å². The van der Waals surface area contributed by atoms with Crippen LogP contribution in [0, 0.1) is 0 Å². The van der Waals surface area contributed by atoms with Gasteiger partial charge < -0.3 is 24.0 Å². The molecule has 80 valence electrons. The van der Waals surface area contributed by atoms with Gasteiger partial charge in [0.15, 0.2) is 0 Å². The van der Waals surface area contributed by atoms with Gasteiger partial charge in [-0.1, -0.05) is 18.2 Å². The summed E-state index contributed by atoms with van der Waals surface area (Å²) in [5.74, 6) is 0. The molecule has 0 aliphatic heterocycles. The lowest BCUT2D eigenvalue weighted by atomic mass is 10.3. The second-order valence-electron chi connectivity index (χ2n) is 3.70. The van der Waals surface area contributed by atoms with Crippen molar-refractivity contribution in [3.05, 3.63) is 49.1 Å². The predicted octanol–water partition coefficient (Wildman–Crippen LogP) is -0.650. The van der Waals surface area contributed by atoms with Gasteiger partial charge in [0, 0.05) is 0 Å². The molecule has 15 heavy (non-hydrogen) atoms. The third-order valence-electron chi connectivity index (χ3n) is 2.31. The summed E-state index contributed by atoms with van der Waals surface area (Å²) in [6, 6.07) is 10.9. The summed E-state index contributed by atoms with van der Waals surface area (Å²) >= 11 is 0. The molecule has 2 nitrogen and oxygen atoms in total. The average molecular weight is 314 g/mol. The van der Waals surface area contributed by atoms with Gasteiger partial charge in [-0.3, -0.25) is 0 Å². The number of benzene rings is 1. The molecule has 2 aromatic rings. The van der Waals surface area contributed by atoms with E-state index in [1.807, 2.05) is 6.07 Å². The van der Waals surface area contributed by atoms with E-state index in [2.05, 4.69) is 66.0 Å². The van der Waals surface area contributed by atoms with Crippen LogP contribution in [0.3, 0.4) is 0 Å². The Labute approximate surface area is 108 Å². The number of imidazole rings is 1. The second-order valence-corrected chi connectivity index (χ2v) is 3.70. The van der Waals surface area contributed by atoms with Crippen molar-refractivity contribution in [1.29, 1.82) is 0 Å². The van der Waals surface area contributed by atoms with Crippen molar-refractivity contribution in [2.75, 3.05) is 0 Å². The van der Waals surface area contributed by atoms with Crippen LogP contribution in [0.1, 0.15) is 19.9 Å². The van der Waals surface area contributed by atoms with Gasteiger partial charge in [0.05, 0.1) is 6.04 Å². The number of hydrogen-bond acceptors (Lipinski definition) is 0. The fourth-order valence-electron chi connectivity index (χ4n) is 1.43. The Hall–Kier alpha value is -0.840. The molecule has 0 aliphatic rings. The summed E-state index contributed by atoms with van der Waals surface area (Å²) < 4.78 is 4.31. The Morgan fingerprint density at radius 3 is 2.33 bits per heavy atom. The minimum atomic E-state index is 0. The first-order valence-corrected chi connectivity index (χ1v) is 4.91. The lowest BCUT2D eigenvalue weighted by Crippen LogP contribution is -3.00. The number of halogens is 1. The van der Waals surface area contributed by atoms with E-state index in [0.717, 1.165) is 0 Å². The van der Waals surface area contributed by atoms with Crippen LogP contribution in [0.25, 0.3) is 5.69 Å². The van der Waals surface area contributed by atoms with Crippen LogP contribution in [0.4, 0.5) is 0 Å². The van der Waals surface area contributed by atoms with Gasteiger partial charge in [-0.05, 0) is 26.0 Å². The monoisotopic (exact) mass is 314 g/mol. The van der Waals surface area contributed by atoms with Crippen molar-refractivity contribution >= 4 is 0 Å². The van der Waals surface area contributed by atoms with Gasteiger partial charge in [0.2, 0.25) is 6.33 Å². The van der Waals surface area contributed by atoms with Gasteiger partial charge >= 0.3 is 0 Å². The minimum absolute atomic E-state index is 0. The third-order valence-corrected chi connectivity index (χ3v) is 2.31. The Morgan fingerprint density at radius 1 is 1.13 bits per heavy atom. The summed E-state index contributed by atoms with van der Waals surface area (Å²) in [7, 11) is 0. The Morgan fingerprint density at radius 2 is 1.80 bits per heavy atom. The molecule has 1 heterocycles. The normalized spacial score (nSPS) is 10.1. The van der Waals surface area contributed by atoms with Gasteiger partial charge in [-0.15, -0.1) is 0 Å². The SMILES string of the molecule is CC(C)[n+]1ccn(-c2ccccc2)c1.[I-]. The summed E-state index contributed by atoms with van der Waals surface area (Å²) in [5.41, 5.74) is 1.20. The van der Waals surface area contributed by atoms with E-state index in [9.17, 15) is 0 Å².